The third-order valence-electron chi connectivity index (χ3n) is 2.32. The van der Waals surface area contributed by atoms with Gasteiger partial charge in [-0.15, -0.1) is 6.58 Å². The standard InChI is InChI=1S/C7H13NO.C2HF6NO4S2/c1-2-3-8-4-6-9-7-5-8;3-1(4,5)14(10,11)9-15(12,13)2(6,7)8/h2H,1,3-7H2;9H. The molecule has 1 heterocycles. The zero-order valence-corrected chi connectivity index (χ0v) is 13.5. The molecule has 144 valence electrons. The summed E-state index contributed by atoms with van der Waals surface area (Å²) in [6.45, 7) is 8.56. The molecule has 1 saturated heterocycles. The van der Waals surface area contributed by atoms with Crippen molar-refractivity contribution in [3.05, 3.63) is 12.7 Å². The molecule has 15 heteroatoms. The molecule has 1 N–H and O–H groups in total. The molecule has 0 saturated carbocycles. The van der Waals surface area contributed by atoms with E-state index < -0.39 is 35.2 Å². The summed E-state index contributed by atoms with van der Waals surface area (Å²) >= 11 is 0. The summed E-state index contributed by atoms with van der Waals surface area (Å²) in [5.41, 5.74) is -12.3. The Morgan fingerprint density at radius 1 is 0.958 bits per heavy atom. The summed E-state index contributed by atoms with van der Waals surface area (Å²) < 4.78 is 113. The van der Waals surface area contributed by atoms with Crippen LogP contribution in [0.15, 0.2) is 12.7 Å². The van der Waals surface area contributed by atoms with Gasteiger partial charge in [-0.25, -0.2) is 16.8 Å². The molecule has 0 radical (unpaired) electrons. The van der Waals surface area contributed by atoms with Gasteiger partial charge in [-0.1, -0.05) is 10.2 Å². The smallest absolute Gasteiger partial charge is 0.379 e. The van der Waals surface area contributed by atoms with Crippen LogP contribution in [-0.2, 0) is 24.8 Å². The minimum absolute atomic E-state index is 0.493. The van der Waals surface area contributed by atoms with E-state index in [2.05, 4.69) is 11.5 Å². The number of nitrogens with one attached hydrogen (secondary N) is 1. The van der Waals surface area contributed by atoms with Crippen LogP contribution in [0.1, 0.15) is 0 Å². The summed E-state index contributed by atoms with van der Waals surface area (Å²) in [7, 11) is -13.2. The molecule has 0 amide bonds. The van der Waals surface area contributed by atoms with Gasteiger partial charge in [0.05, 0.1) is 13.2 Å². The van der Waals surface area contributed by atoms with Crippen molar-refractivity contribution in [2.24, 2.45) is 0 Å². The van der Waals surface area contributed by atoms with Crippen molar-refractivity contribution in [2.75, 3.05) is 32.8 Å². The molecular formula is C9H14F6N2O5S2. The fraction of sp³-hybridized carbons (Fsp3) is 0.778. The molecule has 0 aliphatic carbocycles. The van der Waals surface area contributed by atoms with E-state index in [0.29, 0.717) is 0 Å². The van der Waals surface area contributed by atoms with Gasteiger partial charge in [0.1, 0.15) is 0 Å². The Balaban J connectivity index is 0.000000496. The predicted octanol–water partition coefficient (Wildman–Crippen LogP) is 0.780. The van der Waals surface area contributed by atoms with Crippen LogP contribution >= 0.6 is 0 Å². The number of rotatable bonds is 4. The Labute approximate surface area is 134 Å². The maximum Gasteiger partial charge on any atom is 0.512 e. The topological polar surface area (TPSA) is 92.8 Å². The van der Waals surface area contributed by atoms with Crippen LogP contribution in [0.4, 0.5) is 26.3 Å². The van der Waals surface area contributed by atoms with Crippen LogP contribution in [0.3, 0.4) is 0 Å². The van der Waals surface area contributed by atoms with Crippen LogP contribution < -0.4 is 4.13 Å². The Hall–Kier alpha value is -0.900. The molecule has 1 aliphatic heterocycles. The fourth-order valence-electron chi connectivity index (χ4n) is 1.21. The van der Waals surface area contributed by atoms with Crippen molar-refractivity contribution >= 4 is 20.0 Å². The number of nitrogens with zero attached hydrogens (tertiary/aromatic N) is 1. The minimum Gasteiger partial charge on any atom is -0.379 e. The van der Waals surface area contributed by atoms with Crippen LogP contribution in [-0.4, -0.2) is 65.6 Å². The van der Waals surface area contributed by atoms with Gasteiger partial charge in [0.2, 0.25) is 0 Å². The maximum absolute atomic E-state index is 11.5. The van der Waals surface area contributed by atoms with Gasteiger partial charge in [0.25, 0.3) is 0 Å². The number of hydrogen-bond acceptors (Lipinski definition) is 6. The fourth-order valence-corrected chi connectivity index (χ4v) is 3.12. The van der Waals surface area contributed by atoms with E-state index in [1.165, 1.54) is 0 Å². The van der Waals surface area contributed by atoms with E-state index in [4.69, 9.17) is 4.74 Å². The van der Waals surface area contributed by atoms with Crippen LogP contribution in [0.25, 0.3) is 0 Å². The number of halogens is 6. The molecule has 0 spiro atoms. The molecule has 0 aromatic heterocycles. The highest BCUT2D eigenvalue weighted by molar-refractivity contribution is 8.05. The van der Waals surface area contributed by atoms with E-state index in [0.717, 1.165) is 32.8 Å². The summed E-state index contributed by atoms with van der Waals surface area (Å²) in [5, 5.41) is 0. The van der Waals surface area contributed by atoms with Gasteiger partial charge in [-0.05, 0) is 0 Å². The van der Waals surface area contributed by atoms with Gasteiger partial charge in [-0.3, -0.25) is 4.90 Å². The van der Waals surface area contributed by atoms with E-state index in [9.17, 15) is 43.2 Å². The Bertz CT molecular complexity index is 565. The molecule has 0 bridgehead atoms. The number of sulfonamides is 2. The number of alkyl halides is 6. The minimum atomic E-state index is -6.60. The van der Waals surface area contributed by atoms with Gasteiger partial charge < -0.3 is 4.74 Å². The quantitative estimate of drug-likeness (QED) is 0.546. The summed E-state index contributed by atoms with van der Waals surface area (Å²) in [6.07, 6.45) is 1.94. The lowest BCUT2D eigenvalue weighted by Gasteiger charge is -2.24. The van der Waals surface area contributed by atoms with Crippen LogP contribution in [0.2, 0.25) is 0 Å². The number of ether oxygens (including phenoxy) is 1. The Morgan fingerprint density at radius 2 is 1.33 bits per heavy atom. The normalized spacial score (nSPS) is 17.8. The third-order valence-corrected chi connectivity index (χ3v) is 5.29. The first-order valence-electron chi connectivity index (χ1n) is 5.96. The zero-order chi connectivity index (χ0) is 19.2. The van der Waals surface area contributed by atoms with E-state index >= 15 is 0 Å². The highest BCUT2D eigenvalue weighted by Gasteiger charge is 2.55. The van der Waals surface area contributed by atoms with Crippen molar-refractivity contribution in [1.29, 1.82) is 0 Å². The van der Waals surface area contributed by atoms with Crippen molar-refractivity contribution in [1.82, 2.24) is 9.03 Å². The molecule has 1 aliphatic rings. The Morgan fingerprint density at radius 3 is 1.62 bits per heavy atom. The van der Waals surface area contributed by atoms with Crippen molar-refractivity contribution in [3.63, 3.8) is 0 Å². The third kappa shape index (κ3) is 7.33. The summed E-state index contributed by atoms with van der Waals surface area (Å²) in [6, 6.07) is 0. The number of hydrogen-bond donors (Lipinski definition) is 1. The first-order valence-corrected chi connectivity index (χ1v) is 8.93. The average molecular weight is 408 g/mol. The lowest BCUT2D eigenvalue weighted by Crippen LogP contribution is -2.45. The molecule has 0 atom stereocenters. The first-order chi connectivity index (χ1) is 10.6. The molecule has 1 fully saturated rings. The second-order valence-corrected chi connectivity index (χ2v) is 7.79. The lowest BCUT2D eigenvalue weighted by molar-refractivity contribution is -0.0476. The van der Waals surface area contributed by atoms with Crippen LogP contribution in [0.5, 0.6) is 0 Å². The molecule has 7 nitrogen and oxygen atoms in total. The first kappa shape index (κ1) is 23.1. The van der Waals surface area contributed by atoms with E-state index in [1.807, 2.05) is 6.08 Å². The van der Waals surface area contributed by atoms with Gasteiger partial charge in [0, 0.05) is 19.6 Å². The van der Waals surface area contributed by atoms with E-state index in [1.54, 1.807) is 0 Å². The molecule has 0 unspecified atom stereocenters. The average Bonchev–Trinajstić information content (AvgIpc) is 2.37. The summed E-state index contributed by atoms with van der Waals surface area (Å²) in [4.78, 5) is 2.33. The zero-order valence-electron chi connectivity index (χ0n) is 11.9. The Kier molecular flexibility index (Phi) is 8.14. The second kappa shape index (κ2) is 8.46. The molecule has 0 aromatic carbocycles. The second-order valence-electron chi connectivity index (χ2n) is 4.18. The summed E-state index contributed by atoms with van der Waals surface area (Å²) in [5.74, 6) is 0. The highest BCUT2D eigenvalue weighted by atomic mass is 32.3. The highest BCUT2D eigenvalue weighted by Crippen LogP contribution is 2.27. The largest absolute Gasteiger partial charge is 0.512 e. The molecule has 1 rings (SSSR count). The molecule has 24 heavy (non-hydrogen) atoms. The van der Waals surface area contributed by atoms with Gasteiger partial charge >= 0.3 is 31.1 Å². The van der Waals surface area contributed by atoms with Crippen LogP contribution in [0, 0.1) is 0 Å². The molecule has 0 aromatic rings. The molecular weight excluding hydrogens is 394 g/mol. The SMILES string of the molecule is C=CCN1CCOCC1.O=S(=O)(NS(=O)(=O)C(F)(F)F)C(F)(F)F. The predicted molar refractivity (Wildman–Crippen MR) is 70.5 cm³/mol. The van der Waals surface area contributed by atoms with Crippen molar-refractivity contribution in [3.8, 4) is 0 Å². The van der Waals surface area contributed by atoms with Gasteiger partial charge in [-0.2, -0.15) is 26.3 Å². The lowest BCUT2D eigenvalue weighted by atomic mass is 10.4. The van der Waals surface area contributed by atoms with Crippen molar-refractivity contribution in [2.45, 2.75) is 11.0 Å². The van der Waals surface area contributed by atoms with Crippen molar-refractivity contribution < 1.29 is 47.9 Å². The maximum atomic E-state index is 11.5. The monoisotopic (exact) mass is 408 g/mol. The van der Waals surface area contributed by atoms with Gasteiger partial charge in [0.15, 0.2) is 0 Å². The van der Waals surface area contributed by atoms with E-state index in [-0.39, 0.29) is 0 Å². The number of morpholine rings is 1.